The van der Waals surface area contributed by atoms with Gasteiger partial charge < -0.3 is 14.0 Å². The van der Waals surface area contributed by atoms with E-state index in [1.54, 1.807) is 12.1 Å². The average Bonchev–Trinajstić information content (AvgIpc) is 3.07. The summed E-state index contributed by atoms with van der Waals surface area (Å²) in [5.74, 6) is -0.130. The molecule has 28 heavy (non-hydrogen) atoms. The summed E-state index contributed by atoms with van der Waals surface area (Å²) in [6.45, 7) is 0. The van der Waals surface area contributed by atoms with E-state index in [0.717, 1.165) is 20.6 Å². The number of aromatic hydroxyl groups is 1. The standard InChI is InChI=1S/C19H16N4O3S2/c1-22(28(25)26)13-9-10-16(17(24)11-13)23-18(19(27)20-21-23)15-8-4-6-12-5-2-3-7-14(12)15/h2-11,24,27H,1H3,(H,25,26)/p-1. The molecule has 4 rings (SSSR count). The van der Waals surface area contributed by atoms with Crippen molar-refractivity contribution in [2.75, 3.05) is 11.4 Å². The van der Waals surface area contributed by atoms with Gasteiger partial charge in [-0.2, -0.15) is 0 Å². The van der Waals surface area contributed by atoms with Crippen LogP contribution in [0, 0.1) is 0 Å². The molecule has 4 aromatic rings. The zero-order chi connectivity index (χ0) is 19.8. The van der Waals surface area contributed by atoms with Crippen molar-refractivity contribution in [1.82, 2.24) is 15.0 Å². The van der Waals surface area contributed by atoms with Crippen molar-refractivity contribution in [3.05, 3.63) is 60.7 Å². The van der Waals surface area contributed by atoms with Crippen LogP contribution in [0.3, 0.4) is 0 Å². The molecule has 0 aliphatic heterocycles. The van der Waals surface area contributed by atoms with Crippen LogP contribution < -0.4 is 4.31 Å². The SMILES string of the molecule is CN(c1ccc(-n2nnc(S)c2-c2cccc3ccccc23)c(O)c1)S(=O)[O-]. The molecule has 0 spiro atoms. The third-order valence-corrected chi connectivity index (χ3v) is 5.43. The van der Waals surface area contributed by atoms with Gasteiger partial charge in [0.05, 0.1) is 5.69 Å². The fourth-order valence-corrected chi connectivity index (χ4v) is 3.62. The maximum atomic E-state index is 11.1. The largest absolute Gasteiger partial charge is 0.755 e. The number of nitrogens with zero attached hydrogens (tertiary/aromatic N) is 4. The van der Waals surface area contributed by atoms with Crippen LogP contribution in [-0.4, -0.2) is 35.9 Å². The number of fused-ring (bicyclic) bond motifs is 1. The van der Waals surface area contributed by atoms with Crippen LogP contribution in [0.5, 0.6) is 5.75 Å². The first-order chi connectivity index (χ1) is 13.5. The molecule has 0 radical (unpaired) electrons. The van der Waals surface area contributed by atoms with Gasteiger partial charge in [0, 0.05) is 29.9 Å². The molecule has 0 saturated carbocycles. The minimum Gasteiger partial charge on any atom is -0.755 e. The molecule has 0 fully saturated rings. The van der Waals surface area contributed by atoms with Gasteiger partial charge in [0.25, 0.3) is 0 Å². The molecule has 0 aliphatic carbocycles. The summed E-state index contributed by atoms with van der Waals surface area (Å²) in [5.41, 5.74) is 2.19. The van der Waals surface area contributed by atoms with Gasteiger partial charge >= 0.3 is 0 Å². The smallest absolute Gasteiger partial charge is 0.144 e. The summed E-state index contributed by atoms with van der Waals surface area (Å²) in [4.78, 5) is 0. The summed E-state index contributed by atoms with van der Waals surface area (Å²) in [7, 11) is 1.39. The number of phenolic OH excluding ortho intramolecular Hbond substituents is 1. The highest BCUT2D eigenvalue weighted by molar-refractivity contribution is 7.80. The first-order valence-electron chi connectivity index (χ1n) is 8.26. The number of phenols is 1. The van der Waals surface area contributed by atoms with E-state index in [9.17, 15) is 13.9 Å². The summed E-state index contributed by atoms with van der Waals surface area (Å²) in [5, 5.41) is 21.2. The Morgan fingerprint density at radius 2 is 1.89 bits per heavy atom. The van der Waals surface area contributed by atoms with Crippen molar-refractivity contribution in [3.8, 4) is 22.7 Å². The zero-order valence-electron chi connectivity index (χ0n) is 14.7. The average molecular weight is 411 g/mol. The van der Waals surface area contributed by atoms with E-state index in [4.69, 9.17) is 0 Å². The Balaban J connectivity index is 1.89. The second-order valence-corrected chi connectivity index (χ2v) is 7.49. The Kier molecular flexibility index (Phi) is 4.80. The minimum atomic E-state index is -2.44. The Labute approximate surface area is 169 Å². The van der Waals surface area contributed by atoms with E-state index in [1.165, 1.54) is 17.8 Å². The van der Waals surface area contributed by atoms with E-state index in [2.05, 4.69) is 22.9 Å². The molecular formula is C19H15N4O3S2-. The van der Waals surface area contributed by atoms with Gasteiger partial charge in [0.1, 0.15) is 22.2 Å². The second kappa shape index (κ2) is 7.27. The fourth-order valence-electron chi connectivity index (χ4n) is 3.08. The monoisotopic (exact) mass is 411 g/mol. The topological polar surface area (TPSA) is 94.3 Å². The number of hydrogen-bond donors (Lipinski definition) is 2. The lowest BCUT2D eigenvalue weighted by atomic mass is 10.0. The van der Waals surface area contributed by atoms with Crippen LogP contribution in [0.15, 0.2) is 65.7 Å². The van der Waals surface area contributed by atoms with Crippen molar-refractivity contribution in [2.45, 2.75) is 5.03 Å². The van der Waals surface area contributed by atoms with Crippen molar-refractivity contribution >= 4 is 40.4 Å². The van der Waals surface area contributed by atoms with E-state index < -0.39 is 11.3 Å². The van der Waals surface area contributed by atoms with Crippen LogP contribution in [-0.2, 0) is 11.3 Å². The third-order valence-electron chi connectivity index (χ3n) is 4.47. The van der Waals surface area contributed by atoms with Crippen molar-refractivity contribution in [1.29, 1.82) is 0 Å². The Bertz CT molecular complexity index is 1200. The second-order valence-electron chi connectivity index (χ2n) is 6.09. The number of hydrogen-bond acceptors (Lipinski definition) is 6. The lowest BCUT2D eigenvalue weighted by molar-refractivity contribution is 0.470. The highest BCUT2D eigenvalue weighted by Gasteiger charge is 2.19. The lowest BCUT2D eigenvalue weighted by Crippen LogP contribution is -2.19. The van der Waals surface area contributed by atoms with Gasteiger partial charge in [0.2, 0.25) is 0 Å². The molecule has 7 nitrogen and oxygen atoms in total. The first-order valence-corrected chi connectivity index (χ1v) is 9.74. The zero-order valence-corrected chi connectivity index (χ0v) is 16.4. The Hall–Kier alpha value is -2.88. The fraction of sp³-hybridized carbons (Fsp3) is 0.0526. The molecule has 0 bridgehead atoms. The van der Waals surface area contributed by atoms with Crippen LogP contribution in [0.1, 0.15) is 0 Å². The predicted octanol–water partition coefficient (Wildman–Crippen LogP) is 3.31. The van der Waals surface area contributed by atoms with Gasteiger partial charge in [0.15, 0.2) is 0 Å². The Morgan fingerprint density at radius 3 is 2.64 bits per heavy atom. The molecule has 1 N–H and O–H groups in total. The van der Waals surface area contributed by atoms with Gasteiger partial charge in [-0.25, -0.2) is 4.68 Å². The molecule has 1 heterocycles. The normalized spacial score (nSPS) is 12.2. The maximum Gasteiger partial charge on any atom is 0.144 e. The third kappa shape index (κ3) is 3.13. The van der Waals surface area contributed by atoms with Crippen LogP contribution in [0.4, 0.5) is 5.69 Å². The van der Waals surface area contributed by atoms with Crippen molar-refractivity contribution in [2.24, 2.45) is 0 Å². The number of anilines is 1. The molecule has 1 atom stereocenters. The molecule has 9 heteroatoms. The molecule has 0 aliphatic rings. The van der Waals surface area contributed by atoms with Crippen LogP contribution in [0.25, 0.3) is 27.7 Å². The molecular weight excluding hydrogens is 396 g/mol. The van der Waals surface area contributed by atoms with E-state index in [0.29, 0.717) is 22.1 Å². The molecule has 1 unspecified atom stereocenters. The Morgan fingerprint density at radius 1 is 1.14 bits per heavy atom. The summed E-state index contributed by atoms with van der Waals surface area (Å²) < 4.78 is 24.8. The van der Waals surface area contributed by atoms with Crippen molar-refractivity contribution in [3.63, 3.8) is 0 Å². The maximum absolute atomic E-state index is 11.1. The predicted molar refractivity (Wildman–Crippen MR) is 111 cm³/mol. The first kappa shape index (κ1) is 18.5. The van der Waals surface area contributed by atoms with E-state index in [-0.39, 0.29) is 5.75 Å². The minimum absolute atomic E-state index is 0.130. The van der Waals surface area contributed by atoms with E-state index >= 15 is 0 Å². The highest BCUT2D eigenvalue weighted by Crippen LogP contribution is 2.36. The van der Waals surface area contributed by atoms with Crippen LogP contribution >= 0.6 is 12.6 Å². The number of aromatic nitrogens is 3. The highest BCUT2D eigenvalue weighted by atomic mass is 32.2. The lowest BCUT2D eigenvalue weighted by Gasteiger charge is -2.21. The molecule has 0 amide bonds. The summed E-state index contributed by atoms with van der Waals surface area (Å²) in [6, 6.07) is 18.3. The number of thiol groups is 1. The number of benzene rings is 3. The summed E-state index contributed by atoms with van der Waals surface area (Å²) in [6.07, 6.45) is 0. The molecule has 1 aromatic heterocycles. The van der Waals surface area contributed by atoms with Crippen LogP contribution in [0.2, 0.25) is 0 Å². The molecule has 142 valence electrons. The number of rotatable bonds is 4. The molecule has 0 saturated heterocycles. The van der Waals surface area contributed by atoms with Gasteiger partial charge in [-0.1, -0.05) is 47.7 Å². The van der Waals surface area contributed by atoms with E-state index in [1.807, 2.05) is 42.5 Å². The quantitative estimate of drug-likeness (QED) is 0.397. The van der Waals surface area contributed by atoms with Gasteiger partial charge in [-0.3, -0.25) is 4.21 Å². The van der Waals surface area contributed by atoms with Gasteiger partial charge in [-0.05, 0) is 22.9 Å². The molecule has 3 aromatic carbocycles. The van der Waals surface area contributed by atoms with Crippen molar-refractivity contribution < 1.29 is 13.9 Å². The summed E-state index contributed by atoms with van der Waals surface area (Å²) >= 11 is 2.01. The van der Waals surface area contributed by atoms with Gasteiger partial charge in [-0.15, -0.1) is 17.7 Å².